The fourth-order valence-electron chi connectivity index (χ4n) is 3.94. The van der Waals surface area contributed by atoms with Crippen LogP contribution in [0.1, 0.15) is 50.0 Å². The Hall–Kier alpha value is -3.15. The number of hydrogen-bond donors (Lipinski definition) is 2. The van der Waals surface area contributed by atoms with E-state index < -0.39 is 29.8 Å². The lowest BCUT2D eigenvalue weighted by molar-refractivity contribution is -0.290. The molecule has 0 unspecified atom stereocenters. The van der Waals surface area contributed by atoms with E-state index in [2.05, 4.69) is 28.8 Å². The van der Waals surface area contributed by atoms with Crippen molar-refractivity contribution in [2.75, 3.05) is 12.3 Å². The molecule has 2 amide bonds. The lowest BCUT2D eigenvalue weighted by Crippen LogP contribution is -2.45. The Balaban J connectivity index is 1.64. The number of aromatic nitrogens is 1. The summed E-state index contributed by atoms with van der Waals surface area (Å²) in [5.41, 5.74) is 0.0274. The topological polar surface area (TPSA) is 129 Å². The van der Waals surface area contributed by atoms with E-state index in [0.29, 0.717) is 36.6 Å². The molecule has 0 bridgehead atoms. The lowest BCUT2D eigenvalue weighted by Gasteiger charge is -2.39. The SMILES string of the molecule is C=C/C=C/[C@@H]1C[C@H](Cc2nc(C(=O)N[C@@H]3CS/C(C(=O)NCC=C)=C\C[C@@H](C)OC3=O)co2)OC(C)(C)O1. The van der Waals surface area contributed by atoms with E-state index in [1.807, 2.05) is 26.0 Å². The largest absolute Gasteiger partial charge is 0.461 e. The van der Waals surface area contributed by atoms with Gasteiger partial charge in [0.2, 0.25) is 0 Å². The van der Waals surface area contributed by atoms with E-state index in [9.17, 15) is 14.4 Å². The van der Waals surface area contributed by atoms with Crippen molar-refractivity contribution in [1.82, 2.24) is 15.6 Å². The van der Waals surface area contributed by atoms with E-state index in [1.54, 1.807) is 25.2 Å². The van der Waals surface area contributed by atoms with Gasteiger partial charge in [0.1, 0.15) is 18.4 Å². The summed E-state index contributed by atoms with van der Waals surface area (Å²) < 4.78 is 22.9. The highest BCUT2D eigenvalue weighted by Gasteiger charge is 2.35. The van der Waals surface area contributed by atoms with Crippen LogP contribution in [0.3, 0.4) is 0 Å². The Morgan fingerprint density at radius 2 is 2.05 bits per heavy atom. The van der Waals surface area contributed by atoms with E-state index in [1.165, 1.54) is 18.0 Å². The number of nitrogens with zero attached hydrogens (tertiary/aromatic N) is 1. The average molecular weight is 546 g/mol. The molecule has 0 saturated carbocycles. The van der Waals surface area contributed by atoms with E-state index in [0.717, 1.165) is 0 Å². The van der Waals surface area contributed by atoms with E-state index >= 15 is 0 Å². The average Bonchev–Trinajstić information content (AvgIpc) is 3.33. The minimum absolute atomic E-state index is 0.0274. The minimum Gasteiger partial charge on any atom is -0.461 e. The van der Waals surface area contributed by atoms with Gasteiger partial charge in [-0.25, -0.2) is 9.78 Å². The molecule has 1 fully saturated rings. The van der Waals surface area contributed by atoms with Crippen LogP contribution in [0.2, 0.25) is 0 Å². The monoisotopic (exact) mass is 545 g/mol. The first-order chi connectivity index (χ1) is 18.1. The molecule has 3 heterocycles. The molecule has 3 rings (SSSR count). The number of allylic oxidation sites excluding steroid dienone is 2. The van der Waals surface area contributed by atoms with Gasteiger partial charge in [-0.2, -0.15) is 0 Å². The number of amides is 2. The maximum absolute atomic E-state index is 12.9. The van der Waals surface area contributed by atoms with E-state index in [4.69, 9.17) is 18.6 Å². The Labute approximate surface area is 226 Å². The van der Waals surface area contributed by atoms with Gasteiger partial charge >= 0.3 is 5.97 Å². The molecule has 10 nitrogen and oxygen atoms in total. The number of cyclic esters (lactones) is 1. The summed E-state index contributed by atoms with van der Waals surface area (Å²) >= 11 is 1.17. The quantitative estimate of drug-likeness (QED) is 0.273. The van der Waals surface area contributed by atoms with Gasteiger partial charge in [0.15, 0.2) is 17.4 Å². The fraction of sp³-hybridized carbons (Fsp3) is 0.481. The first kappa shape index (κ1) is 29.4. The predicted octanol–water partition coefficient (Wildman–Crippen LogP) is 3.22. The van der Waals surface area contributed by atoms with Gasteiger partial charge < -0.3 is 29.3 Å². The van der Waals surface area contributed by atoms with Crippen molar-refractivity contribution in [3.63, 3.8) is 0 Å². The third-order valence-corrected chi connectivity index (χ3v) is 6.77. The van der Waals surface area contributed by atoms with Crippen LogP contribution < -0.4 is 10.6 Å². The Bertz CT molecular complexity index is 1090. The van der Waals surface area contributed by atoms with Crippen LogP contribution in [0.15, 0.2) is 59.1 Å². The smallest absolute Gasteiger partial charge is 0.329 e. The molecule has 2 aliphatic rings. The molecule has 4 atom stereocenters. The molecule has 11 heteroatoms. The van der Waals surface area contributed by atoms with Crippen molar-refractivity contribution < 1.29 is 33.0 Å². The highest BCUT2D eigenvalue weighted by molar-refractivity contribution is 8.04. The number of oxazole rings is 1. The summed E-state index contributed by atoms with van der Waals surface area (Å²) in [6, 6.07) is -0.985. The van der Waals surface area contributed by atoms with Crippen LogP contribution in [0, 0.1) is 0 Å². The van der Waals surface area contributed by atoms with Crippen LogP contribution in [0.4, 0.5) is 0 Å². The van der Waals surface area contributed by atoms with Crippen molar-refractivity contribution in [3.05, 3.63) is 66.3 Å². The maximum atomic E-state index is 12.9. The van der Waals surface area contributed by atoms with Crippen LogP contribution in [-0.4, -0.2) is 65.2 Å². The molecular formula is C27H35N3O7S. The second-order valence-electron chi connectivity index (χ2n) is 9.37. The molecule has 1 aromatic rings. The number of thioether (sulfide) groups is 1. The Kier molecular flexibility index (Phi) is 10.5. The second kappa shape index (κ2) is 13.6. The Morgan fingerprint density at radius 1 is 1.26 bits per heavy atom. The molecule has 38 heavy (non-hydrogen) atoms. The first-order valence-corrected chi connectivity index (χ1v) is 13.4. The van der Waals surface area contributed by atoms with Crippen LogP contribution in [0.5, 0.6) is 0 Å². The van der Waals surface area contributed by atoms with E-state index in [-0.39, 0.29) is 29.6 Å². The molecule has 1 aromatic heterocycles. The molecule has 2 N–H and O–H groups in total. The maximum Gasteiger partial charge on any atom is 0.329 e. The van der Waals surface area contributed by atoms with Crippen LogP contribution in [-0.2, 0) is 30.2 Å². The first-order valence-electron chi connectivity index (χ1n) is 12.4. The number of carbonyl (C=O) groups excluding carboxylic acids is 3. The zero-order valence-corrected chi connectivity index (χ0v) is 22.8. The molecule has 206 valence electrons. The summed E-state index contributed by atoms with van der Waals surface area (Å²) in [5.74, 6) is -1.80. The molecular weight excluding hydrogens is 510 g/mol. The number of ether oxygens (including phenoxy) is 3. The second-order valence-corrected chi connectivity index (χ2v) is 10.4. The van der Waals surface area contributed by atoms with Gasteiger partial charge in [0, 0.05) is 25.1 Å². The molecule has 0 aromatic carbocycles. The normalized spacial score (nSPS) is 27.1. The van der Waals surface area contributed by atoms with Gasteiger partial charge in [-0.15, -0.1) is 18.3 Å². The van der Waals surface area contributed by atoms with Crippen LogP contribution >= 0.6 is 11.8 Å². The molecule has 0 spiro atoms. The minimum atomic E-state index is -0.985. The molecule has 0 radical (unpaired) electrons. The number of esters is 1. The number of hydrogen-bond acceptors (Lipinski definition) is 9. The highest BCUT2D eigenvalue weighted by Crippen LogP contribution is 2.29. The standard InChI is InChI=1S/C27H35N3O7S/c1-6-8-9-18-13-19(37-27(4,5)36-18)14-23-29-20(15-34-23)24(31)30-21-16-38-22(25(32)28-12-7-2)11-10-17(3)35-26(21)33/h6-9,11,15,17-19,21H,1-2,10,12-14,16H2,3-5H3,(H,28,32)(H,30,31)/b9-8+,22-11-/t17-,18-,19-,21-/m1/s1. The molecule has 1 saturated heterocycles. The predicted molar refractivity (Wildman–Crippen MR) is 143 cm³/mol. The third kappa shape index (κ3) is 8.71. The van der Waals surface area contributed by atoms with Crippen molar-refractivity contribution >= 4 is 29.5 Å². The highest BCUT2D eigenvalue weighted by atomic mass is 32.2. The number of rotatable bonds is 9. The number of carbonyl (C=O) groups is 3. The summed E-state index contributed by atoms with van der Waals surface area (Å²) in [6.45, 7) is 13.0. The lowest BCUT2D eigenvalue weighted by atomic mass is 10.0. The van der Waals surface area contributed by atoms with Gasteiger partial charge in [0.05, 0.1) is 23.5 Å². The molecule has 2 aliphatic heterocycles. The van der Waals surface area contributed by atoms with Crippen molar-refractivity contribution in [2.45, 2.75) is 70.2 Å². The van der Waals surface area contributed by atoms with Crippen molar-refractivity contribution in [2.24, 2.45) is 0 Å². The zero-order chi connectivity index (χ0) is 27.7. The third-order valence-electron chi connectivity index (χ3n) is 5.61. The number of nitrogens with one attached hydrogen (secondary N) is 2. The zero-order valence-electron chi connectivity index (χ0n) is 21.9. The van der Waals surface area contributed by atoms with Gasteiger partial charge in [-0.1, -0.05) is 37.0 Å². The summed E-state index contributed by atoms with van der Waals surface area (Å²) in [5, 5.41) is 5.39. The van der Waals surface area contributed by atoms with Gasteiger partial charge in [0.25, 0.3) is 11.8 Å². The molecule has 0 aliphatic carbocycles. The van der Waals surface area contributed by atoms with Crippen molar-refractivity contribution in [1.29, 1.82) is 0 Å². The van der Waals surface area contributed by atoms with Crippen molar-refractivity contribution in [3.8, 4) is 0 Å². The summed E-state index contributed by atoms with van der Waals surface area (Å²) in [4.78, 5) is 42.8. The fourth-order valence-corrected chi connectivity index (χ4v) is 4.93. The van der Waals surface area contributed by atoms with Crippen LogP contribution in [0.25, 0.3) is 0 Å². The van der Waals surface area contributed by atoms with Gasteiger partial charge in [-0.05, 0) is 20.8 Å². The summed E-state index contributed by atoms with van der Waals surface area (Å²) in [7, 11) is 0. The van der Waals surface area contributed by atoms with Gasteiger partial charge in [-0.3, -0.25) is 9.59 Å². The Morgan fingerprint density at radius 3 is 2.79 bits per heavy atom. The summed E-state index contributed by atoms with van der Waals surface area (Å²) in [6.07, 6.45) is 10.4.